The molecule has 0 aromatic carbocycles. The number of hydrogen-bond donors (Lipinski definition) is 1. The first-order valence-corrected chi connectivity index (χ1v) is 13.1. The normalized spacial score (nSPS) is 46.0. The summed E-state index contributed by atoms with van der Waals surface area (Å²) < 4.78 is 6.16. The van der Waals surface area contributed by atoms with Crippen LogP contribution in [0.5, 0.6) is 0 Å². The lowest BCUT2D eigenvalue weighted by atomic mass is 9.46. The maximum atomic E-state index is 11.4. The van der Waals surface area contributed by atoms with Gasteiger partial charge >= 0.3 is 0 Å². The molecule has 172 valence electrons. The molecule has 1 saturated heterocycles. The summed E-state index contributed by atoms with van der Waals surface area (Å²) in [6.07, 6.45) is 12.5. The third-order valence-corrected chi connectivity index (χ3v) is 10.4. The van der Waals surface area contributed by atoms with Crippen molar-refractivity contribution < 1.29 is 9.84 Å². The molecule has 8 atom stereocenters. The minimum absolute atomic E-state index is 0.202. The Labute approximate surface area is 186 Å². The fraction of sp³-hybridized carbons (Fsp3) is 0.929. The van der Waals surface area contributed by atoms with E-state index in [4.69, 9.17) is 4.74 Å². The molecule has 30 heavy (non-hydrogen) atoms. The minimum Gasteiger partial charge on any atom is -0.389 e. The van der Waals surface area contributed by atoms with E-state index in [0.717, 1.165) is 30.8 Å². The average molecular weight is 417 g/mol. The van der Waals surface area contributed by atoms with Crippen molar-refractivity contribution in [1.82, 2.24) is 0 Å². The predicted octanol–water partition coefficient (Wildman–Crippen LogP) is 7.01. The zero-order valence-corrected chi connectivity index (χ0v) is 20.8. The van der Waals surface area contributed by atoms with E-state index >= 15 is 0 Å². The number of rotatable bonds is 5. The second kappa shape index (κ2) is 7.91. The van der Waals surface area contributed by atoms with Crippen LogP contribution < -0.4 is 0 Å². The Balaban J connectivity index is 1.57. The molecule has 0 bridgehead atoms. The SMILES string of the molecule is CC(C)CCC[C@@H](C)[C@H]1CC[C@H]2[C@@H]3[C@H](O)C=C4C(C)(C)OCC[C@]4(C)[C@H]3CC[C@]12C. The van der Waals surface area contributed by atoms with Crippen LogP contribution in [0.2, 0.25) is 0 Å². The zero-order chi connectivity index (χ0) is 21.9. The Morgan fingerprint density at radius 2 is 1.73 bits per heavy atom. The largest absolute Gasteiger partial charge is 0.389 e. The highest BCUT2D eigenvalue weighted by Crippen LogP contribution is 2.67. The summed E-state index contributed by atoms with van der Waals surface area (Å²) >= 11 is 0. The molecule has 4 aliphatic rings. The molecule has 0 amide bonds. The lowest BCUT2D eigenvalue weighted by Gasteiger charge is -2.61. The van der Waals surface area contributed by atoms with Crippen molar-refractivity contribution in [1.29, 1.82) is 0 Å². The van der Waals surface area contributed by atoms with E-state index in [9.17, 15) is 5.11 Å². The quantitative estimate of drug-likeness (QED) is 0.488. The van der Waals surface area contributed by atoms with Gasteiger partial charge in [-0.2, -0.15) is 0 Å². The second-order valence-corrected chi connectivity index (χ2v) is 12.9. The van der Waals surface area contributed by atoms with E-state index in [0.29, 0.717) is 23.2 Å². The van der Waals surface area contributed by atoms with Crippen LogP contribution in [0, 0.1) is 46.3 Å². The van der Waals surface area contributed by atoms with Gasteiger partial charge in [0.2, 0.25) is 0 Å². The first kappa shape index (κ1) is 22.8. The van der Waals surface area contributed by atoms with Crippen molar-refractivity contribution >= 4 is 0 Å². The van der Waals surface area contributed by atoms with Gasteiger partial charge in [-0.25, -0.2) is 0 Å². The maximum absolute atomic E-state index is 11.4. The molecule has 1 N–H and O–H groups in total. The summed E-state index contributed by atoms with van der Waals surface area (Å²) in [6, 6.07) is 0. The zero-order valence-electron chi connectivity index (χ0n) is 20.8. The molecule has 2 saturated carbocycles. The van der Waals surface area contributed by atoms with Gasteiger partial charge in [-0.05, 0) is 97.9 Å². The van der Waals surface area contributed by atoms with Crippen LogP contribution in [0.4, 0.5) is 0 Å². The van der Waals surface area contributed by atoms with Crippen molar-refractivity contribution in [2.45, 2.75) is 112 Å². The first-order valence-electron chi connectivity index (χ1n) is 13.1. The fourth-order valence-electron chi connectivity index (χ4n) is 8.92. The van der Waals surface area contributed by atoms with Crippen LogP contribution in [0.3, 0.4) is 0 Å². The summed E-state index contributed by atoms with van der Waals surface area (Å²) in [5.41, 5.74) is 1.77. The smallest absolute Gasteiger partial charge is 0.0841 e. The standard InChI is InChI=1S/C28H48O2/c1-18(2)9-8-10-19(3)20-11-12-21-25-22(13-14-27(20,21)6)28(7)15-16-30-26(4,5)24(28)17-23(25)29/h17-23,25,29H,8-16H2,1-7H3/t19-,20-,21+,22+,23-,25+,27-,28-/m1/s1. The van der Waals surface area contributed by atoms with E-state index in [2.05, 4.69) is 54.5 Å². The van der Waals surface area contributed by atoms with Crippen LogP contribution in [-0.4, -0.2) is 23.4 Å². The highest BCUT2D eigenvalue weighted by atomic mass is 16.5. The number of aliphatic hydroxyl groups excluding tert-OH is 1. The molecule has 3 aliphatic carbocycles. The average Bonchev–Trinajstić information content (AvgIpc) is 3.00. The van der Waals surface area contributed by atoms with Crippen molar-refractivity contribution in [2.24, 2.45) is 46.3 Å². The predicted molar refractivity (Wildman–Crippen MR) is 125 cm³/mol. The molecular formula is C28H48O2. The molecule has 2 nitrogen and oxygen atoms in total. The monoisotopic (exact) mass is 416 g/mol. The third kappa shape index (κ3) is 3.53. The molecule has 2 heteroatoms. The van der Waals surface area contributed by atoms with Gasteiger partial charge in [-0.3, -0.25) is 0 Å². The molecule has 0 radical (unpaired) electrons. The summed E-state index contributed by atoms with van der Waals surface area (Å²) in [6.45, 7) is 17.6. The van der Waals surface area contributed by atoms with Crippen LogP contribution in [0.15, 0.2) is 11.6 Å². The lowest BCUT2D eigenvalue weighted by molar-refractivity contribution is -0.131. The van der Waals surface area contributed by atoms with Gasteiger partial charge in [0.25, 0.3) is 0 Å². The number of ether oxygens (including phenoxy) is 1. The molecule has 0 aromatic heterocycles. The van der Waals surface area contributed by atoms with Crippen LogP contribution in [0.25, 0.3) is 0 Å². The van der Waals surface area contributed by atoms with Gasteiger partial charge in [0.15, 0.2) is 0 Å². The number of hydrogen-bond acceptors (Lipinski definition) is 2. The summed E-state index contributed by atoms with van der Waals surface area (Å²) in [5, 5.41) is 11.4. The Hall–Kier alpha value is -0.340. The molecule has 0 unspecified atom stereocenters. The van der Waals surface area contributed by atoms with Crippen molar-refractivity contribution in [3.63, 3.8) is 0 Å². The van der Waals surface area contributed by atoms with E-state index < -0.39 is 0 Å². The van der Waals surface area contributed by atoms with Gasteiger partial charge in [-0.15, -0.1) is 0 Å². The fourth-order valence-corrected chi connectivity index (χ4v) is 8.92. The van der Waals surface area contributed by atoms with E-state index in [-0.39, 0.29) is 17.1 Å². The van der Waals surface area contributed by atoms with Gasteiger partial charge in [0.1, 0.15) is 0 Å². The Kier molecular flexibility index (Phi) is 6.02. The molecular weight excluding hydrogens is 368 g/mol. The third-order valence-electron chi connectivity index (χ3n) is 10.4. The second-order valence-electron chi connectivity index (χ2n) is 12.9. The molecule has 1 heterocycles. The van der Waals surface area contributed by atoms with Gasteiger partial charge in [0, 0.05) is 6.61 Å². The Bertz CT molecular complexity index is 664. The molecule has 1 aliphatic heterocycles. The number of fused-ring (bicyclic) bond motifs is 5. The van der Waals surface area contributed by atoms with Crippen LogP contribution >= 0.6 is 0 Å². The molecule has 0 aromatic rings. The Morgan fingerprint density at radius 1 is 1.00 bits per heavy atom. The highest BCUT2D eigenvalue weighted by Gasteiger charge is 2.62. The highest BCUT2D eigenvalue weighted by molar-refractivity contribution is 5.32. The topological polar surface area (TPSA) is 29.5 Å². The first-order chi connectivity index (χ1) is 14.0. The van der Waals surface area contributed by atoms with Crippen LogP contribution in [-0.2, 0) is 4.74 Å². The molecule has 4 rings (SSSR count). The van der Waals surface area contributed by atoms with Gasteiger partial charge in [0.05, 0.1) is 11.7 Å². The van der Waals surface area contributed by atoms with E-state index in [1.165, 1.54) is 50.5 Å². The van der Waals surface area contributed by atoms with E-state index in [1.807, 2.05) is 0 Å². The van der Waals surface area contributed by atoms with Gasteiger partial charge < -0.3 is 9.84 Å². The minimum atomic E-state index is -0.293. The molecule has 0 spiro atoms. The van der Waals surface area contributed by atoms with Crippen molar-refractivity contribution in [2.75, 3.05) is 6.61 Å². The van der Waals surface area contributed by atoms with Crippen LogP contribution in [0.1, 0.15) is 99.8 Å². The van der Waals surface area contributed by atoms with Gasteiger partial charge in [-0.1, -0.05) is 60.0 Å². The van der Waals surface area contributed by atoms with E-state index in [1.54, 1.807) is 0 Å². The Morgan fingerprint density at radius 3 is 2.43 bits per heavy atom. The molecule has 3 fully saturated rings. The summed E-state index contributed by atoms with van der Waals surface area (Å²) in [5.74, 6) is 4.22. The number of aliphatic hydroxyl groups is 1. The maximum Gasteiger partial charge on any atom is 0.0841 e. The summed E-state index contributed by atoms with van der Waals surface area (Å²) in [7, 11) is 0. The summed E-state index contributed by atoms with van der Waals surface area (Å²) in [4.78, 5) is 0. The van der Waals surface area contributed by atoms with Crippen molar-refractivity contribution in [3.8, 4) is 0 Å². The van der Waals surface area contributed by atoms with Crippen molar-refractivity contribution in [3.05, 3.63) is 11.6 Å². The lowest BCUT2D eigenvalue weighted by Crippen LogP contribution is -2.58.